The van der Waals surface area contributed by atoms with Crippen molar-refractivity contribution < 1.29 is 13.2 Å². The first-order valence-corrected chi connectivity index (χ1v) is 7.46. The fourth-order valence-corrected chi connectivity index (χ4v) is 3.03. The van der Waals surface area contributed by atoms with Crippen LogP contribution < -0.4 is 4.74 Å². The van der Waals surface area contributed by atoms with E-state index >= 15 is 0 Å². The van der Waals surface area contributed by atoms with Gasteiger partial charge in [-0.15, -0.1) is 0 Å². The van der Waals surface area contributed by atoms with Crippen LogP contribution in [0, 0.1) is 0 Å². The van der Waals surface area contributed by atoms with Crippen LogP contribution in [-0.2, 0) is 9.84 Å². The summed E-state index contributed by atoms with van der Waals surface area (Å²) in [5, 5.41) is 0. The van der Waals surface area contributed by atoms with Crippen LogP contribution in [0.15, 0.2) is 62.8 Å². The molecule has 0 atom stereocenters. The standard InChI is InChI=1S/C13H11BrO3S/c1-17-11-4-8-13(9-5-11)18(15,16)12-6-2-10(14)3-7-12/h2-9H,1H3. The average Bonchev–Trinajstić information content (AvgIpc) is 2.39. The van der Waals surface area contributed by atoms with Crippen molar-refractivity contribution in [1.29, 1.82) is 0 Å². The maximum absolute atomic E-state index is 12.3. The van der Waals surface area contributed by atoms with Crippen LogP contribution in [0.4, 0.5) is 0 Å². The van der Waals surface area contributed by atoms with E-state index in [1.165, 1.54) is 19.2 Å². The van der Waals surface area contributed by atoms with Gasteiger partial charge in [0.15, 0.2) is 0 Å². The SMILES string of the molecule is COc1ccc(S(=O)(=O)c2ccc(Br)cc2)cc1. The molecule has 0 radical (unpaired) electrons. The van der Waals surface area contributed by atoms with Gasteiger partial charge >= 0.3 is 0 Å². The van der Waals surface area contributed by atoms with Gasteiger partial charge in [0, 0.05) is 4.47 Å². The van der Waals surface area contributed by atoms with Gasteiger partial charge in [-0.1, -0.05) is 15.9 Å². The molecule has 0 fully saturated rings. The Hall–Kier alpha value is -1.33. The molecule has 2 aromatic rings. The molecule has 3 nitrogen and oxygen atoms in total. The minimum atomic E-state index is -3.46. The molecule has 0 bridgehead atoms. The lowest BCUT2D eigenvalue weighted by Crippen LogP contribution is -2.01. The Bertz CT molecular complexity index is 631. The van der Waals surface area contributed by atoms with E-state index in [0.29, 0.717) is 5.75 Å². The maximum Gasteiger partial charge on any atom is 0.206 e. The van der Waals surface area contributed by atoms with Crippen LogP contribution in [0.5, 0.6) is 5.75 Å². The molecule has 94 valence electrons. The topological polar surface area (TPSA) is 43.4 Å². The van der Waals surface area contributed by atoms with E-state index in [-0.39, 0.29) is 9.79 Å². The van der Waals surface area contributed by atoms with Crippen LogP contribution in [0.2, 0.25) is 0 Å². The summed E-state index contributed by atoms with van der Waals surface area (Å²) in [6.45, 7) is 0. The van der Waals surface area contributed by atoms with Gasteiger partial charge in [-0.05, 0) is 48.5 Å². The van der Waals surface area contributed by atoms with Gasteiger partial charge in [0.25, 0.3) is 0 Å². The van der Waals surface area contributed by atoms with Crippen molar-refractivity contribution in [2.45, 2.75) is 9.79 Å². The monoisotopic (exact) mass is 326 g/mol. The summed E-state index contributed by atoms with van der Waals surface area (Å²) < 4.78 is 30.4. The van der Waals surface area contributed by atoms with Gasteiger partial charge in [-0.3, -0.25) is 0 Å². The molecule has 5 heteroatoms. The second-order valence-electron chi connectivity index (χ2n) is 3.63. The van der Waals surface area contributed by atoms with Crippen molar-refractivity contribution in [3.8, 4) is 5.75 Å². The quantitative estimate of drug-likeness (QED) is 0.869. The maximum atomic E-state index is 12.3. The summed E-state index contributed by atoms with van der Waals surface area (Å²) in [4.78, 5) is 0.529. The zero-order valence-electron chi connectivity index (χ0n) is 9.63. The molecule has 0 unspecified atom stereocenters. The predicted octanol–water partition coefficient (Wildman–Crippen LogP) is 3.29. The lowest BCUT2D eigenvalue weighted by Gasteiger charge is -2.05. The fraction of sp³-hybridized carbons (Fsp3) is 0.0769. The third-order valence-corrected chi connectivity index (χ3v) is 4.81. The molecule has 0 aliphatic carbocycles. The van der Waals surface area contributed by atoms with Crippen molar-refractivity contribution in [3.63, 3.8) is 0 Å². The first kappa shape index (κ1) is 13.1. The molecule has 18 heavy (non-hydrogen) atoms. The molecule has 0 saturated carbocycles. The Labute approximate surface area is 114 Å². The minimum absolute atomic E-state index is 0.255. The van der Waals surface area contributed by atoms with Crippen molar-refractivity contribution in [2.24, 2.45) is 0 Å². The Morgan fingerprint density at radius 1 is 0.889 bits per heavy atom. The largest absolute Gasteiger partial charge is 0.497 e. The van der Waals surface area contributed by atoms with Gasteiger partial charge in [-0.25, -0.2) is 8.42 Å². The molecule has 0 aliphatic heterocycles. The number of halogens is 1. The van der Waals surface area contributed by atoms with E-state index in [2.05, 4.69) is 15.9 Å². The number of ether oxygens (including phenoxy) is 1. The Morgan fingerprint density at radius 3 is 1.78 bits per heavy atom. The number of hydrogen-bond donors (Lipinski definition) is 0. The van der Waals surface area contributed by atoms with Gasteiger partial charge in [0.2, 0.25) is 9.84 Å². The molecule has 0 aromatic heterocycles. The Balaban J connectivity index is 2.44. The number of hydrogen-bond acceptors (Lipinski definition) is 3. The highest BCUT2D eigenvalue weighted by Crippen LogP contribution is 2.24. The van der Waals surface area contributed by atoms with E-state index in [1.807, 2.05) is 0 Å². The van der Waals surface area contributed by atoms with Gasteiger partial charge < -0.3 is 4.74 Å². The second kappa shape index (κ2) is 5.12. The van der Waals surface area contributed by atoms with Gasteiger partial charge in [0.05, 0.1) is 16.9 Å². The zero-order chi connectivity index (χ0) is 13.2. The van der Waals surface area contributed by atoms with Crippen molar-refractivity contribution in [1.82, 2.24) is 0 Å². The number of rotatable bonds is 3. The summed E-state index contributed by atoms with van der Waals surface area (Å²) in [5.41, 5.74) is 0. The third kappa shape index (κ3) is 2.57. The number of sulfone groups is 1. The molecule has 0 amide bonds. The molecule has 0 heterocycles. The molecule has 2 rings (SSSR count). The number of methoxy groups -OCH3 is 1. The highest BCUT2D eigenvalue weighted by atomic mass is 79.9. The first-order valence-electron chi connectivity index (χ1n) is 5.19. The fourth-order valence-electron chi connectivity index (χ4n) is 1.50. The zero-order valence-corrected chi connectivity index (χ0v) is 12.0. The second-order valence-corrected chi connectivity index (χ2v) is 6.50. The summed E-state index contributed by atoms with van der Waals surface area (Å²) >= 11 is 3.28. The van der Waals surface area contributed by atoms with Gasteiger partial charge in [0.1, 0.15) is 5.75 Å². The number of benzene rings is 2. The molecule has 0 spiro atoms. The molecule has 2 aromatic carbocycles. The van der Waals surface area contributed by atoms with Crippen LogP contribution in [0.1, 0.15) is 0 Å². The van der Waals surface area contributed by atoms with Crippen LogP contribution in [0.3, 0.4) is 0 Å². The Kier molecular flexibility index (Phi) is 3.73. The molecule has 0 aliphatic rings. The van der Waals surface area contributed by atoms with Crippen molar-refractivity contribution >= 4 is 25.8 Å². The molecular weight excluding hydrogens is 316 g/mol. The van der Waals surface area contributed by atoms with Crippen LogP contribution >= 0.6 is 15.9 Å². The first-order chi connectivity index (χ1) is 8.54. The van der Waals surface area contributed by atoms with Crippen LogP contribution in [-0.4, -0.2) is 15.5 Å². The minimum Gasteiger partial charge on any atom is -0.497 e. The van der Waals surface area contributed by atoms with E-state index in [4.69, 9.17) is 4.74 Å². The Morgan fingerprint density at radius 2 is 1.33 bits per heavy atom. The van der Waals surface area contributed by atoms with Gasteiger partial charge in [-0.2, -0.15) is 0 Å². The lowest BCUT2D eigenvalue weighted by molar-refractivity contribution is 0.414. The predicted molar refractivity (Wildman–Crippen MR) is 72.6 cm³/mol. The summed E-state index contributed by atoms with van der Waals surface area (Å²) in [7, 11) is -1.92. The normalized spacial score (nSPS) is 11.2. The van der Waals surface area contributed by atoms with E-state index < -0.39 is 9.84 Å². The molecular formula is C13H11BrO3S. The van der Waals surface area contributed by atoms with E-state index in [1.54, 1.807) is 36.4 Å². The third-order valence-electron chi connectivity index (χ3n) is 2.49. The summed E-state index contributed by atoms with van der Waals surface area (Å²) in [5.74, 6) is 0.629. The highest BCUT2D eigenvalue weighted by Gasteiger charge is 2.17. The van der Waals surface area contributed by atoms with E-state index in [0.717, 1.165) is 4.47 Å². The lowest BCUT2D eigenvalue weighted by atomic mass is 10.3. The summed E-state index contributed by atoms with van der Waals surface area (Å²) in [6.07, 6.45) is 0. The van der Waals surface area contributed by atoms with Crippen LogP contribution in [0.25, 0.3) is 0 Å². The highest BCUT2D eigenvalue weighted by molar-refractivity contribution is 9.10. The van der Waals surface area contributed by atoms with Crippen molar-refractivity contribution in [2.75, 3.05) is 7.11 Å². The molecule has 0 saturated heterocycles. The summed E-state index contributed by atoms with van der Waals surface area (Å²) in [6, 6.07) is 12.9. The molecule has 0 N–H and O–H groups in total. The van der Waals surface area contributed by atoms with E-state index in [9.17, 15) is 8.42 Å². The smallest absolute Gasteiger partial charge is 0.206 e. The van der Waals surface area contributed by atoms with Crippen molar-refractivity contribution in [3.05, 3.63) is 53.0 Å². The average molecular weight is 327 g/mol.